The molecule has 0 saturated heterocycles. The molecule has 0 bridgehead atoms. The Kier molecular flexibility index (Phi) is 4.80. The molecule has 0 aliphatic carbocycles. The maximum absolute atomic E-state index is 11.6. The molecule has 5 nitrogen and oxygen atoms in total. The van der Waals surface area contributed by atoms with Crippen molar-refractivity contribution in [2.24, 2.45) is 0 Å². The number of ether oxygens (including phenoxy) is 2. The number of benzene rings is 1. The van der Waals surface area contributed by atoms with Gasteiger partial charge in [-0.05, 0) is 26.0 Å². The minimum Gasteiger partial charge on any atom is -0.490 e. The SMILES string of the molecule is COCCn1cc(S(=O)O)c2c(OC(C)C)cccc21. The maximum atomic E-state index is 11.6. The predicted molar refractivity (Wildman–Crippen MR) is 78.6 cm³/mol. The molecule has 1 unspecified atom stereocenters. The van der Waals surface area contributed by atoms with E-state index >= 15 is 0 Å². The fourth-order valence-corrected chi connectivity index (χ4v) is 2.74. The van der Waals surface area contributed by atoms with Gasteiger partial charge in [0, 0.05) is 19.9 Å². The van der Waals surface area contributed by atoms with Crippen molar-refractivity contribution in [1.29, 1.82) is 0 Å². The van der Waals surface area contributed by atoms with Crippen LogP contribution >= 0.6 is 0 Å². The number of rotatable bonds is 6. The van der Waals surface area contributed by atoms with Crippen LogP contribution in [0.3, 0.4) is 0 Å². The van der Waals surface area contributed by atoms with Gasteiger partial charge in [-0.3, -0.25) is 0 Å². The summed E-state index contributed by atoms with van der Waals surface area (Å²) in [5.74, 6) is 0.631. The zero-order chi connectivity index (χ0) is 14.7. The molecule has 0 spiro atoms. The highest BCUT2D eigenvalue weighted by Crippen LogP contribution is 2.33. The van der Waals surface area contributed by atoms with Crippen molar-refractivity contribution in [3.63, 3.8) is 0 Å². The summed E-state index contributed by atoms with van der Waals surface area (Å²) in [5.41, 5.74) is 0.873. The number of hydrogen-bond acceptors (Lipinski definition) is 3. The molecule has 1 atom stereocenters. The molecule has 1 heterocycles. The Morgan fingerprint density at radius 1 is 1.40 bits per heavy atom. The largest absolute Gasteiger partial charge is 0.490 e. The highest BCUT2D eigenvalue weighted by molar-refractivity contribution is 7.79. The normalized spacial score (nSPS) is 13.1. The van der Waals surface area contributed by atoms with Gasteiger partial charge in [-0.1, -0.05) is 6.07 Å². The van der Waals surface area contributed by atoms with Crippen LogP contribution in [0, 0.1) is 0 Å². The smallest absolute Gasteiger partial charge is 0.188 e. The van der Waals surface area contributed by atoms with Crippen molar-refractivity contribution in [2.45, 2.75) is 31.4 Å². The Balaban J connectivity index is 2.59. The van der Waals surface area contributed by atoms with Crippen LogP contribution in [0.5, 0.6) is 5.75 Å². The highest BCUT2D eigenvalue weighted by atomic mass is 32.2. The lowest BCUT2D eigenvalue weighted by atomic mass is 10.2. The highest BCUT2D eigenvalue weighted by Gasteiger charge is 2.17. The third kappa shape index (κ3) is 3.03. The van der Waals surface area contributed by atoms with Crippen LogP contribution in [0.1, 0.15) is 13.8 Å². The predicted octanol–water partition coefficient (Wildman–Crippen LogP) is 2.66. The van der Waals surface area contributed by atoms with Crippen molar-refractivity contribution >= 4 is 22.0 Å². The van der Waals surface area contributed by atoms with E-state index in [9.17, 15) is 8.76 Å². The molecule has 2 aromatic rings. The molecular weight excluding hydrogens is 278 g/mol. The van der Waals surface area contributed by atoms with Gasteiger partial charge in [-0.15, -0.1) is 0 Å². The van der Waals surface area contributed by atoms with Gasteiger partial charge in [0.2, 0.25) is 0 Å². The number of hydrogen-bond donors (Lipinski definition) is 1. The van der Waals surface area contributed by atoms with Crippen LogP contribution in [0.2, 0.25) is 0 Å². The van der Waals surface area contributed by atoms with Gasteiger partial charge in [-0.2, -0.15) is 0 Å². The summed E-state index contributed by atoms with van der Waals surface area (Å²) >= 11 is -2.05. The summed E-state index contributed by atoms with van der Waals surface area (Å²) in [6.45, 7) is 5.01. The molecule has 0 aliphatic heterocycles. The van der Waals surface area contributed by atoms with E-state index in [0.717, 1.165) is 5.52 Å². The number of methoxy groups -OCH3 is 1. The fraction of sp³-hybridized carbons (Fsp3) is 0.429. The molecule has 20 heavy (non-hydrogen) atoms. The molecule has 1 aromatic carbocycles. The first-order valence-electron chi connectivity index (χ1n) is 6.43. The van der Waals surface area contributed by atoms with Crippen LogP contribution < -0.4 is 4.74 Å². The molecule has 1 aromatic heterocycles. The summed E-state index contributed by atoms with van der Waals surface area (Å²) < 4.78 is 33.8. The van der Waals surface area contributed by atoms with Gasteiger partial charge in [0.15, 0.2) is 11.1 Å². The first-order valence-corrected chi connectivity index (χ1v) is 7.53. The standard InChI is InChI=1S/C14H19NO4S/c1-10(2)19-12-6-4-5-11-14(12)13(20(16)17)9-15(11)7-8-18-3/h4-6,9-10H,7-8H2,1-3H3,(H,16,17). The Morgan fingerprint density at radius 3 is 2.75 bits per heavy atom. The van der Waals surface area contributed by atoms with E-state index in [1.165, 1.54) is 0 Å². The zero-order valence-electron chi connectivity index (χ0n) is 11.8. The molecule has 2 rings (SSSR count). The quantitative estimate of drug-likeness (QED) is 0.833. The molecule has 1 N–H and O–H groups in total. The van der Waals surface area contributed by atoms with Gasteiger partial charge in [0.05, 0.1) is 28.5 Å². The number of aromatic nitrogens is 1. The second kappa shape index (κ2) is 6.39. The Morgan fingerprint density at radius 2 is 2.15 bits per heavy atom. The lowest BCUT2D eigenvalue weighted by Gasteiger charge is -2.12. The summed E-state index contributed by atoms with van der Waals surface area (Å²) in [6.07, 6.45) is 1.69. The van der Waals surface area contributed by atoms with E-state index in [2.05, 4.69) is 0 Å². The molecule has 0 saturated carbocycles. The molecule has 0 fully saturated rings. The first kappa shape index (κ1) is 15.0. The summed E-state index contributed by atoms with van der Waals surface area (Å²) in [6, 6.07) is 5.61. The van der Waals surface area contributed by atoms with Gasteiger partial charge < -0.3 is 18.6 Å². The molecule has 110 valence electrons. The van der Waals surface area contributed by atoms with Gasteiger partial charge in [-0.25, -0.2) is 4.21 Å². The minimum absolute atomic E-state index is 0.00269. The summed E-state index contributed by atoms with van der Waals surface area (Å²) in [4.78, 5) is 0.368. The average Bonchev–Trinajstić information content (AvgIpc) is 2.76. The monoisotopic (exact) mass is 297 g/mol. The third-order valence-corrected chi connectivity index (χ3v) is 3.61. The van der Waals surface area contributed by atoms with Crippen LogP contribution in [0.15, 0.2) is 29.3 Å². The van der Waals surface area contributed by atoms with Crippen LogP contribution in [0.25, 0.3) is 10.9 Å². The third-order valence-electron chi connectivity index (χ3n) is 2.92. The van der Waals surface area contributed by atoms with Crippen LogP contribution in [-0.2, 0) is 22.4 Å². The molecule has 0 radical (unpaired) electrons. The molecule has 6 heteroatoms. The number of fused-ring (bicyclic) bond motifs is 1. The number of nitrogens with zero attached hydrogens (tertiary/aromatic N) is 1. The molecular formula is C14H19NO4S. The van der Waals surface area contributed by atoms with E-state index in [0.29, 0.717) is 29.2 Å². The topological polar surface area (TPSA) is 60.7 Å². The Bertz CT molecular complexity index is 621. The van der Waals surface area contributed by atoms with Crippen LogP contribution in [0.4, 0.5) is 0 Å². The summed E-state index contributed by atoms with van der Waals surface area (Å²) in [7, 11) is 1.63. The summed E-state index contributed by atoms with van der Waals surface area (Å²) in [5, 5.41) is 0.693. The maximum Gasteiger partial charge on any atom is 0.188 e. The lowest BCUT2D eigenvalue weighted by molar-refractivity contribution is 0.188. The Labute approximate surface area is 120 Å². The van der Waals surface area contributed by atoms with E-state index in [-0.39, 0.29) is 6.10 Å². The van der Waals surface area contributed by atoms with Gasteiger partial charge >= 0.3 is 0 Å². The van der Waals surface area contributed by atoms with E-state index < -0.39 is 11.1 Å². The fourth-order valence-electron chi connectivity index (χ4n) is 2.14. The van der Waals surface area contributed by atoms with Crippen molar-refractivity contribution in [1.82, 2.24) is 4.57 Å². The van der Waals surface area contributed by atoms with Gasteiger partial charge in [0.25, 0.3) is 0 Å². The van der Waals surface area contributed by atoms with E-state index in [1.54, 1.807) is 13.3 Å². The van der Waals surface area contributed by atoms with Crippen LogP contribution in [-0.4, -0.2) is 33.1 Å². The zero-order valence-corrected chi connectivity index (χ0v) is 12.6. The van der Waals surface area contributed by atoms with Crippen molar-refractivity contribution in [3.05, 3.63) is 24.4 Å². The second-order valence-corrected chi connectivity index (χ2v) is 5.68. The van der Waals surface area contributed by atoms with E-state index in [1.807, 2.05) is 36.6 Å². The van der Waals surface area contributed by atoms with E-state index in [4.69, 9.17) is 9.47 Å². The van der Waals surface area contributed by atoms with Gasteiger partial charge in [0.1, 0.15) is 5.75 Å². The molecule has 0 amide bonds. The van der Waals surface area contributed by atoms with Crippen molar-refractivity contribution < 1.29 is 18.2 Å². The minimum atomic E-state index is -2.05. The average molecular weight is 297 g/mol. The second-order valence-electron chi connectivity index (χ2n) is 4.75. The first-order chi connectivity index (χ1) is 9.54. The molecule has 0 aliphatic rings. The van der Waals surface area contributed by atoms with Crippen molar-refractivity contribution in [3.8, 4) is 5.75 Å². The Hall–Kier alpha value is -1.37. The van der Waals surface area contributed by atoms with Crippen molar-refractivity contribution in [2.75, 3.05) is 13.7 Å². The lowest BCUT2D eigenvalue weighted by Crippen LogP contribution is -2.06.